The molecular weight excluding hydrogens is 196 g/mol. The van der Waals surface area contributed by atoms with Gasteiger partial charge in [-0.2, -0.15) is 0 Å². The van der Waals surface area contributed by atoms with Crippen LogP contribution in [0, 0.1) is 29.1 Å². The first-order valence-electron chi connectivity index (χ1n) is 6.88. The lowest BCUT2D eigenvalue weighted by atomic mass is 9.57. The van der Waals surface area contributed by atoms with Crippen molar-refractivity contribution in [2.75, 3.05) is 0 Å². The van der Waals surface area contributed by atoms with E-state index in [9.17, 15) is 4.79 Å². The number of Topliss-reactive ketones (excluding diaryl/α,β-unsaturated/α-hetero) is 1. The second kappa shape index (κ2) is 4.89. The van der Waals surface area contributed by atoms with Gasteiger partial charge in [0, 0.05) is 11.8 Å². The summed E-state index contributed by atoms with van der Waals surface area (Å²) in [7, 11) is 0. The highest BCUT2D eigenvalue weighted by Gasteiger charge is 2.47. The van der Waals surface area contributed by atoms with E-state index in [4.69, 9.17) is 0 Å². The van der Waals surface area contributed by atoms with Crippen LogP contribution in [0.15, 0.2) is 0 Å². The van der Waals surface area contributed by atoms with Gasteiger partial charge in [-0.05, 0) is 36.5 Å². The first-order valence-corrected chi connectivity index (χ1v) is 6.88. The summed E-state index contributed by atoms with van der Waals surface area (Å²) in [5.74, 6) is 3.01. The summed E-state index contributed by atoms with van der Waals surface area (Å²) in [5.41, 5.74) is -0.0263. The molecule has 1 aliphatic rings. The van der Waals surface area contributed by atoms with Crippen LogP contribution in [0.5, 0.6) is 0 Å². The Morgan fingerprint density at radius 1 is 1.31 bits per heavy atom. The molecule has 0 heterocycles. The van der Waals surface area contributed by atoms with Crippen molar-refractivity contribution in [2.24, 2.45) is 29.1 Å². The van der Waals surface area contributed by atoms with Crippen molar-refractivity contribution in [1.82, 2.24) is 0 Å². The highest BCUT2D eigenvalue weighted by atomic mass is 16.1. The average Bonchev–Trinajstić information content (AvgIpc) is 2.17. The quantitative estimate of drug-likeness (QED) is 0.698. The molecular formula is C15H28O. The molecule has 3 atom stereocenters. The maximum atomic E-state index is 12.4. The molecule has 1 fully saturated rings. The first kappa shape index (κ1) is 13.7. The number of rotatable bonds is 3. The Balaban J connectivity index is 2.98. The molecule has 1 heteroatoms. The van der Waals surface area contributed by atoms with Crippen molar-refractivity contribution in [3.05, 3.63) is 0 Å². The lowest BCUT2D eigenvalue weighted by molar-refractivity contribution is -0.139. The minimum absolute atomic E-state index is 0.0263. The molecule has 1 rings (SSSR count). The Labute approximate surface area is 101 Å². The van der Waals surface area contributed by atoms with E-state index in [0.29, 0.717) is 23.5 Å². The van der Waals surface area contributed by atoms with E-state index in [1.54, 1.807) is 0 Å². The summed E-state index contributed by atoms with van der Waals surface area (Å²) in [6.45, 7) is 13.5. The Hall–Kier alpha value is -0.330. The lowest BCUT2D eigenvalue weighted by Crippen LogP contribution is -2.45. The zero-order valence-corrected chi connectivity index (χ0v) is 11.8. The molecule has 0 aromatic heterocycles. The molecule has 0 saturated heterocycles. The molecule has 0 amide bonds. The fourth-order valence-corrected chi connectivity index (χ4v) is 3.58. The molecule has 0 aromatic rings. The van der Waals surface area contributed by atoms with Crippen LogP contribution in [0.2, 0.25) is 0 Å². The standard InChI is InChI=1S/C15H28O/c1-7-15(11(4)5)9-13(10(2)3)12(6)8-14(15)16/h10-13H,7-9H2,1-6H3. The number of hydrogen-bond donors (Lipinski definition) is 0. The fourth-order valence-electron chi connectivity index (χ4n) is 3.58. The van der Waals surface area contributed by atoms with Gasteiger partial charge in [0.1, 0.15) is 5.78 Å². The Bertz CT molecular complexity index is 254. The summed E-state index contributed by atoms with van der Waals surface area (Å²) in [5, 5.41) is 0. The third-order valence-corrected chi connectivity index (χ3v) is 4.99. The van der Waals surface area contributed by atoms with E-state index >= 15 is 0 Å². The van der Waals surface area contributed by atoms with Gasteiger partial charge in [0.15, 0.2) is 0 Å². The van der Waals surface area contributed by atoms with E-state index in [1.165, 1.54) is 0 Å². The van der Waals surface area contributed by atoms with Crippen LogP contribution in [0.4, 0.5) is 0 Å². The lowest BCUT2D eigenvalue weighted by Gasteiger charge is -2.46. The molecule has 0 aliphatic heterocycles. The van der Waals surface area contributed by atoms with Gasteiger partial charge in [0.25, 0.3) is 0 Å². The van der Waals surface area contributed by atoms with Crippen molar-refractivity contribution < 1.29 is 4.79 Å². The molecule has 16 heavy (non-hydrogen) atoms. The Morgan fingerprint density at radius 3 is 2.25 bits per heavy atom. The largest absolute Gasteiger partial charge is 0.299 e. The number of hydrogen-bond acceptors (Lipinski definition) is 1. The van der Waals surface area contributed by atoms with Crippen LogP contribution in [0.1, 0.15) is 60.8 Å². The van der Waals surface area contributed by atoms with E-state index in [0.717, 1.165) is 25.2 Å². The third-order valence-electron chi connectivity index (χ3n) is 4.99. The molecule has 1 nitrogen and oxygen atoms in total. The maximum absolute atomic E-state index is 12.4. The second-order valence-corrected chi connectivity index (χ2v) is 6.38. The van der Waals surface area contributed by atoms with Crippen LogP contribution >= 0.6 is 0 Å². The predicted molar refractivity (Wildman–Crippen MR) is 69.3 cm³/mol. The molecule has 94 valence electrons. The molecule has 0 bridgehead atoms. The number of ketones is 1. The molecule has 3 unspecified atom stereocenters. The highest BCUT2D eigenvalue weighted by Crippen LogP contribution is 2.48. The van der Waals surface area contributed by atoms with Gasteiger partial charge in [-0.3, -0.25) is 4.79 Å². The van der Waals surface area contributed by atoms with Crippen molar-refractivity contribution in [1.29, 1.82) is 0 Å². The molecule has 0 spiro atoms. The summed E-state index contributed by atoms with van der Waals surface area (Å²) in [6.07, 6.45) is 2.92. The van der Waals surface area contributed by atoms with Crippen LogP contribution in [-0.4, -0.2) is 5.78 Å². The van der Waals surface area contributed by atoms with E-state index in [-0.39, 0.29) is 5.41 Å². The predicted octanol–water partition coefficient (Wildman–Crippen LogP) is 4.31. The van der Waals surface area contributed by atoms with Gasteiger partial charge in [0.2, 0.25) is 0 Å². The van der Waals surface area contributed by atoms with E-state index in [1.807, 2.05) is 0 Å². The van der Waals surface area contributed by atoms with Crippen molar-refractivity contribution in [3.63, 3.8) is 0 Å². The van der Waals surface area contributed by atoms with Crippen molar-refractivity contribution >= 4 is 5.78 Å². The third kappa shape index (κ3) is 2.19. The average molecular weight is 224 g/mol. The van der Waals surface area contributed by atoms with Gasteiger partial charge >= 0.3 is 0 Å². The van der Waals surface area contributed by atoms with Gasteiger partial charge in [0.05, 0.1) is 0 Å². The highest BCUT2D eigenvalue weighted by molar-refractivity contribution is 5.86. The summed E-state index contributed by atoms with van der Waals surface area (Å²) in [6, 6.07) is 0. The monoisotopic (exact) mass is 224 g/mol. The summed E-state index contributed by atoms with van der Waals surface area (Å²) < 4.78 is 0. The van der Waals surface area contributed by atoms with Crippen LogP contribution in [0.3, 0.4) is 0 Å². The Kier molecular flexibility index (Phi) is 4.20. The second-order valence-electron chi connectivity index (χ2n) is 6.38. The Morgan fingerprint density at radius 2 is 1.88 bits per heavy atom. The van der Waals surface area contributed by atoms with Gasteiger partial charge < -0.3 is 0 Å². The van der Waals surface area contributed by atoms with E-state index < -0.39 is 0 Å². The SMILES string of the molecule is CCC1(C(C)C)CC(C(C)C)C(C)CC1=O. The number of carbonyl (C=O) groups excluding carboxylic acids is 1. The van der Waals surface area contributed by atoms with E-state index in [2.05, 4.69) is 41.5 Å². The van der Waals surface area contributed by atoms with Gasteiger partial charge in [-0.25, -0.2) is 0 Å². The van der Waals surface area contributed by atoms with Gasteiger partial charge in [-0.1, -0.05) is 41.5 Å². The summed E-state index contributed by atoms with van der Waals surface area (Å²) in [4.78, 5) is 12.4. The summed E-state index contributed by atoms with van der Waals surface area (Å²) >= 11 is 0. The minimum atomic E-state index is -0.0263. The zero-order chi connectivity index (χ0) is 12.5. The van der Waals surface area contributed by atoms with Crippen LogP contribution < -0.4 is 0 Å². The smallest absolute Gasteiger partial charge is 0.139 e. The van der Waals surface area contributed by atoms with Gasteiger partial charge in [-0.15, -0.1) is 0 Å². The van der Waals surface area contributed by atoms with Crippen LogP contribution in [0.25, 0.3) is 0 Å². The number of carbonyl (C=O) groups is 1. The fraction of sp³-hybridized carbons (Fsp3) is 0.933. The molecule has 0 radical (unpaired) electrons. The van der Waals surface area contributed by atoms with Crippen molar-refractivity contribution in [3.8, 4) is 0 Å². The molecule has 1 aliphatic carbocycles. The molecule has 0 N–H and O–H groups in total. The minimum Gasteiger partial charge on any atom is -0.299 e. The zero-order valence-electron chi connectivity index (χ0n) is 11.8. The first-order chi connectivity index (χ1) is 7.35. The van der Waals surface area contributed by atoms with Crippen molar-refractivity contribution in [2.45, 2.75) is 60.8 Å². The normalized spacial score (nSPS) is 36.1. The molecule has 0 aromatic carbocycles. The maximum Gasteiger partial charge on any atom is 0.139 e. The molecule has 1 saturated carbocycles. The topological polar surface area (TPSA) is 17.1 Å². The van der Waals surface area contributed by atoms with Crippen LogP contribution in [-0.2, 0) is 4.79 Å².